The topological polar surface area (TPSA) is 111 Å². The summed E-state index contributed by atoms with van der Waals surface area (Å²) in [6, 6.07) is 4.89. The van der Waals surface area contributed by atoms with Crippen molar-refractivity contribution in [2.45, 2.75) is 12.5 Å². The van der Waals surface area contributed by atoms with Gasteiger partial charge in [-0.15, -0.1) is 11.6 Å². The van der Waals surface area contributed by atoms with E-state index in [1.54, 1.807) is 23.1 Å². The Balaban J connectivity index is 1.57. The van der Waals surface area contributed by atoms with Crippen molar-refractivity contribution in [3.63, 3.8) is 0 Å². The minimum Gasteiger partial charge on any atom is -0.494 e. The van der Waals surface area contributed by atoms with Gasteiger partial charge in [-0.25, -0.2) is 13.8 Å². The second-order valence-electron chi connectivity index (χ2n) is 8.07. The first-order valence-electron chi connectivity index (χ1n) is 11.0. The Morgan fingerprint density at radius 1 is 1.20 bits per heavy atom. The molecule has 2 saturated heterocycles. The van der Waals surface area contributed by atoms with Gasteiger partial charge in [0.15, 0.2) is 5.82 Å². The molecule has 0 atom stereocenters. The summed E-state index contributed by atoms with van der Waals surface area (Å²) in [4.78, 5) is 32.9. The highest BCUT2D eigenvalue weighted by Gasteiger charge is 2.31. The number of likely N-dealkylation sites (tertiary alicyclic amines) is 1. The number of hydrogen-bond donors (Lipinski definition) is 1. The molecule has 0 bridgehead atoms. The SMILES string of the molecule is COc1cccc2c1nc(C(F)F)n2-c1nc(NC2CN(C(=O)CCl)C2)nc(N2CCOCC2)n1. The number of ether oxygens (including phenoxy) is 2. The Morgan fingerprint density at radius 3 is 2.63 bits per heavy atom. The number of fused-ring (bicyclic) bond motifs is 1. The van der Waals surface area contributed by atoms with E-state index >= 15 is 0 Å². The molecule has 0 spiro atoms. The van der Waals surface area contributed by atoms with Crippen LogP contribution < -0.4 is 15.0 Å². The predicted molar refractivity (Wildman–Crippen MR) is 124 cm³/mol. The maximum absolute atomic E-state index is 14.1. The minimum absolute atomic E-state index is 0.00283. The third-order valence-electron chi connectivity index (χ3n) is 5.88. The number of nitrogens with one attached hydrogen (secondary N) is 1. The maximum Gasteiger partial charge on any atom is 0.296 e. The number of hydrogen-bond acceptors (Lipinski definition) is 9. The van der Waals surface area contributed by atoms with Gasteiger partial charge in [-0.3, -0.25) is 9.36 Å². The summed E-state index contributed by atoms with van der Waals surface area (Å²) in [5, 5.41) is 3.19. The maximum atomic E-state index is 14.1. The molecular weight excluding hydrogens is 486 g/mol. The highest BCUT2D eigenvalue weighted by Crippen LogP contribution is 2.32. The molecule has 0 aliphatic carbocycles. The van der Waals surface area contributed by atoms with Crippen LogP contribution in [0.2, 0.25) is 0 Å². The normalized spacial score (nSPS) is 16.6. The van der Waals surface area contributed by atoms with Crippen LogP contribution in [0.1, 0.15) is 12.2 Å². The number of methoxy groups -OCH3 is 1. The van der Waals surface area contributed by atoms with Crippen LogP contribution >= 0.6 is 11.6 Å². The lowest BCUT2D eigenvalue weighted by Gasteiger charge is -2.39. The second kappa shape index (κ2) is 9.74. The zero-order valence-corrected chi connectivity index (χ0v) is 19.6. The first-order chi connectivity index (χ1) is 17.0. The summed E-state index contributed by atoms with van der Waals surface area (Å²) in [6.07, 6.45) is -2.88. The lowest BCUT2D eigenvalue weighted by Crippen LogP contribution is -2.57. The molecule has 2 aliphatic heterocycles. The minimum atomic E-state index is -2.88. The van der Waals surface area contributed by atoms with E-state index in [0.717, 1.165) is 0 Å². The van der Waals surface area contributed by atoms with Crippen molar-refractivity contribution in [2.75, 3.05) is 62.6 Å². The van der Waals surface area contributed by atoms with Gasteiger partial charge in [0, 0.05) is 26.2 Å². The molecule has 2 aromatic heterocycles. The van der Waals surface area contributed by atoms with Gasteiger partial charge in [0.2, 0.25) is 23.8 Å². The lowest BCUT2D eigenvalue weighted by molar-refractivity contribution is -0.132. The van der Waals surface area contributed by atoms with Gasteiger partial charge >= 0.3 is 0 Å². The summed E-state index contributed by atoms with van der Waals surface area (Å²) >= 11 is 5.62. The van der Waals surface area contributed by atoms with Crippen LogP contribution in [0.4, 0.5) is 20.7 Å². The zero-order valence-electron chi connectivity index (χ0n) is 18.8. The number of nitrogens with zero attached hydrogens (tertiary/aromatic N) is 7. The van der Waals surface area contributed by atoms with Crippen molar-refractivity contribution in [1.82, 2.24) is 29.4 Å². The van der Waals surface area contributed by atoms with Crippen LogP contribution in [0.5, 0.6) is 5.75 Å². The number of amides is 1. The van der Waals surface area contributed by atoms with Crippen LogP contribution in [-0.4, -0.2) is 93.7 Å². The average Bonchev–Trinajstić information content (AvgIpc) is 3.26. The van der Waals surface area contributed by atoms with Crippen LogP contribution in [0.15, 0.2) is 18.2 Å². The molecule has 5 rings (SSSR count). The van der Waals surface area contributed by atoms with E-state index in [2.05, 4.69) is 25.3 Å². The fourth-order valence-corrected chi connectivity index (χ4v) is 4.25. The summed E-state index contributed by atoms with van der Waals surface area (Å²) in [6.45, 7) is 2.96. The molecule has 0 unspecified atom stereocenters. The van der Waals surface area contributed by atoms with E-state index < -0.39 is 12.2 Å². The van der Waals surface area contributed by atoms with Gasteiger partial charge in [-0.05, 0) is 12.1 Å². The summed E-state index contributed by atoms with van der Waals surface area (Å²) < 4.78 is 40.1. The van der Waals surface area contributed by atoms with Gasteiger partial charge < -0.3 is 24.6 Å². The number of morpholine rings is 1. The first-order valence-corrected chi connectivity index (χ1v) is 11.5. The molecule has 0 radical (unpaired) electrons. The molecule has 0 saturated carbocycles. The number of rotatable bonds is 7. The highest BCUT2D eigenvalue weighted by atomic mass is 35.5. The van der Waals surface area contributed by atoms with Crippen LogP contribution in [0.3, 0.4) is 0 Å². The largest absolute Gasteiger partial charge is 0.494 e. The van der Waals surface area contributed by atoms with Crippen molar-refractivity contribution >= 4 is 40.4 Å². The van der Waals surface area contributed by atoms with E-state index in [1.165, 1.54) is 11.7 Å². The number of para-hydroxylation sites is 1. The first kappa shape index (κ1) is 23.4. The second-order valence-corrected chi connectivity index (χ2v) is 8.33. The van der Waals surface area contributed by atoms with E-state index in [1.807, 2.05) is 4.90 Å². The molecule has 14 heteroatoms. The number of alkyl halides is 3. The molecule has 3 aromatic rings. The number of benzene rings is 1. The standard InChI is InChI=1S/C21H23ClF2N8O3/c1-34-14-4-2-3-13-16(14)26-18(17(23)24)32(13)21-28-19(25-12-10-31(11-12)15(33)9-22)27-20(29-21)30-5-7-35-8-6-30/h2-4,12,17H,5-11H2,1H3,(H,25,27,28,29). The molecule has 1 amide bonds. The number of aromatic nitrogens is 5. The molecule has 35 heavy (non-hydrogen) atoms. The summed E-state index contributed by atoms with van der Waals surface area (Å²) in [5.41, 5.74) is 0.662. The predicted octanol–water partition coefficient (Wildman–Crippen LogP) is 1.85. The van der Waals surface area contributed by atoms with Crippen LogP contribution in [0.25, 0.3) is 17.0 Å². The molecule has 11 nitrogen and oxygen atoms in total. The molecule has 1 aromatic carbocycles. The number of carbonyl (C=O) groups is 1. The van der Waals surface area contributed by atoms with Crippen molar-refractivity contribution in [1.29, 1.82) is 0 Å². The smallest absolute Gasteiger partial charge is 0.296 e. The average molecular weight is 509 g/mol. The Morgan fingerprint density at radius 2 is 1.94 bits per heavy atom. The Hall–Kier alpha value is -3.32. The monoisotopic (exact) mass is 508 g/mol. The lowest BCUT2D eigenvalue weighted by atomic mass is 10.1. The quantitative estimate of drug-likeness (QED) is 0.478. The van der Waals surface area contributed by atoms with Gasteiger partial charge in [-0.1, -0.05) is 6.07 Å². The van der Waals surface area contributed by atoms with E-state index in [4.69, 9.17) is 21.1 Å². The molecule has 186 valence electrons. The van der Waals surface area contributed by atoms with Crippen molar-refractivity contribution in [2.24, 2.45) is 0 Å². The van der Waals surface area contributed by atoms with Crippen molar-refractivity contribution in [3.05, 3.63) is 24.0 Å². The number of halogens is 3. The Bertz CT molecular complexity index is 1230. The van der Waals surface area contributed by atoms with E-state index in [-0.39, 0.29) is 35.2 Å². The number of carbonyl (C=O) groups excluding carboxylic acids is 1. The third-order valence-corrected chi connectivity index (χ3v) is 6.11. The summed E-state index contributed by atoms with van der Waals surface area (Å²) in [7, 11) is 1.45. The van der Waals surface area contributed by atoms with Gasteiger partial charge in [0.1, 0.15) is 17.1 Å². The summed E-state index contributed by atoms with van der Waals surface area (Å²) in [5.74, 6) is 0.165. The van der Waals surface area contributed by atoms with Crippen molar-refractivity contribution < 1.29 is 23.0 Å². The van der Waals surface area contributed by atoms with Crippen LogP contribution in [-0.2, 0) is 9.53 Å². The Kier molecular flexibility index (Phi) is 6.52. The third kappa shape index (κ3) is 4.52. The fourth-order valence-electron chi connectivity index (χ4n) is 4.08. The number of anilines is 2. The van der Waals surface area contributed by atoms with E-state index in [0.29, 0.717) is 56.6 Å². The molecular formula is C21H23ClF2N8O3. The zero-order chi connectivity index (χ0) is 24.5. The van der Waals surface area contributed by atoms with Crippen LogP contribution in [0, 0.1) is 0 Å². The number of imidazole rings is 1. The van der Waals surface area contributed by atoms with E-state index in [9.17, 15) is 13.6 Å². The van der Waals surface area contributed by atoms with Gasteiger partial charge in [-0.2, -0.15) is 15.0 Å². The fraction of sp³-hybridized carbons (Fsp3) is 0.476. The molecule has 2 fully saturated rings. The molecule has 2 aliphatic rings. The molecule has 1 N–H and O–H groups in total. The highest BCUT2D eigenvalue weighted by molar-refractivity contribution is 6.27. The Labute approximate surface area is 204 Å². The van der Waals surface area contributed by atoms with Crippen molar-refractivity contribution in [3.8, 4) is 11.7 Å². The molecule has 4 heterocycles. The van der Waals surface area contributed by atoms with Gasteiger partial charge in [0.05, 0.1) is 31.9 Å². The van der Waals surface area contributed by atoms with Gasteiger partial charge in [0.25, 0.3) is 6.43 Å².